The van der Waals surface area contributed by atoms with E-state index in [4.69, 9.17) is 0 Å². The number of benzene rings is 8. The van der Waals surface area contributed by atoms with Crippen LogP contribution in [0.4, 0.5) is 5.69 Å². The molecule has 1 aliphatic heterocycles. The van der Waals surface area contributed by atoms with Crippen molar-refractivity contribution in [3.63, 3.8) is 0 Å². The van der Waals surface area contributed by atoms with E-state index in [1.165, 1.54) is 88.3 Å². The Kier molecular flexibility index (Phi) is 6.93. The van der Waals surface area contributed by atoms with Crippen LogP contribution in [0.1, 0.15) is 17.3 Å². The molecule has 0 saturated heterocycles. The van der Waals surface area contributed by atoms with Crippen LogP contribution < -0.4 is 5.32 Å². The van der Waals surface area contributed by atoms with Crippen molar-refractivity contribution in [3.8, 4) is 27.9 Å². The van der Waals surface area contributed by atoms with Crippen LogP contribution in [0.5, 0.6) is 0 Å². The molecular weight excluding hydrogens is 655 g/mol. The highest BCUT2D eigenvalue weighted by molar-refractivity contribution is 6.12. The Balaban J connectivity index is 1.06. The van der Waals surface area contributed by atoms with Crippen molar-refractivity contribution in [3.05, 3.63) is 211 Å². The SMILES string of the molecule is C1=C(c2cccc(-c3ccccc3)c2)c2ccccc2NC1n1c2ccccc2c2cc(-c3ccc4c(c3)c3ccccc3n4-c3ccccc3)ccc21. The third-order valence-electron chi connectivity index (χ3n) is 11.1. The van der Waals surface area contributed by atoms with Gasteiger partial charge in [-0.3, -0.25) is 0 Å². The smallest absolute Gasteiger partial charge is 0.124 e. The Morgan fingerprint density at radius 2 is 0.907 bits per heavy atom. The third-order valence-corrected chi connectivity index (χ3v) is 11.1. The number of fused-ring (bicyclic) bond motifs is 7. The first-order valence-corrected chi connectivity index (χ1v) is 18.6. The van der Waals surface area contributed by atoms with E-state index in [-0.39, 0.29) is 6.17 Å². The summed E-state index contributed by atoms with van der Waals surface area (Å²) in [5.74, 6) is 0. The topological polar surface area (TPSA) is 21.9 Å². The standard InChI is InChI=1S/C51H35N3/c1-3-14-34(15-4-1)35-16-13-17-38(30-35)43-33-51(52-46-23-10-7-20-40(43)46)54-48-25-12-9-22-42(48)45-32-37(27-29-50(45)54)36-26-28-49-44(31-36)41-21-8-11-24-47(41)53(49)39-18-5-2-6-19-39/h1-33,51-52H. The molecule has 3 heterocycles. The largest absolute Gasteiger partial charge is 0.361 e. The van der Waals surface area contributed by atoms with E-state index < -0.39 is 0 Å². The van der Waals surface area contributed by atoms with Crippen molar-refractivity contribution in [1.82, 2.24) is 9.13 Å². The fraction of sp³-hybridized carbons (Fsp3) is 0.0196. The van der Waals surface area contributed by atoms with Gasteiger partial charge in [0.05, 0.1) is 22.1 Å². The van der Waals surface area contributed by atoms with Crippen molar-refractivity contribution in [2.45, 2.75) is 6.17 Å². The maximum atomic E-state index is 3.91. The number of anilines is 1. The van der Waals surface area contributed by atoms with E-state index in [1.54, 1.807) is 0 Å². The Bertz CT molecular complexity index is 3070. The van der Waals surface area contributed by atoms with E-state index in [2.05, 4.69) is 215 Å². The summed E-state index contributed by atoms with van der Waals surface area (Å²) in [6, 6.07) is 70.4. The normalized spacial score (nSPS) is 14.0. The minimum atomic E-state index is -0.0935. The zero-order valence-electron chi connectivity index (χ0n) is 29.5. The fourth-order valence-electron chi connectivity index (χ4n) is 8.67. The van der Waals surface area contributed by atoms with Crippen LogP contribution in [-0.2, 0) is 0 Å². The number of para-hydroxylation sites is 4. The van der Waals surface area contributed by atoms with Gasteiger partial charge in [0, 0.05) is 38.5 Å². The molecule has 1 N–H and O–H groups in total. The second-order valence-electron chi connectivity index (χ2n) is 14.2. The molecule has 54 heavy (non-hydrogen) atoms. The van der Waals surface area contributed by atoms with E-state index in [9.17, 15) is 0 Å². The first kappa shape index (κ1) is 30.5. The molecule has 11 rings (SSSR count). The Hall–Kier alpha value is -7.10. The quantitative estimate of drug-likeness (QED) is 0.191. The zero-order valence-corrected chi connectivity index (χ0v) is 29.5. The van der Waals surface area contributed by atoms with Crippen molar-refractivity contribution >= 4 is 54.9 Å². The molecule has 0 amide bonds. The lowest BCUT2D eigenvalue weighted by molar-refractivity contribution is 0.722. The fourth-order valence-corrected chi connectivity index (χ4v) is 8.67. The average molecular weight is 690 g/mol. The average Bonchev–Trinajstić information content (AvgIpc) is 3.76. The van der Waals surface area contributed by atoms with E-state index in [1.807, 2.05) is 0 Å². The van der Waals surface area contributed by atoms with Crippen molar-refractivity contribution in [1.29, 1.82) is 0 Å². The molecule has 0 aliphatic carbocycles. The molecule has 254 valence electrons. The zero-order chi connectivity index (χ0) is 35.6. The van der Waals surface area contributed by atoms with E-state index in [0.717, 1.165) is 5.69 Å². The Morgan fingerprint density at radius 1 is 0.370 bits per heavy atom. The summed E-state index contributed by atoms with van der Waals surface area (Å²) in [5.41, 5.74) is 15.7. The second kappa shape index (κ2) is 12.3. The van der Waals surface area contributed by atoms with E-state index in [0.29, 0.717) is 0 Å². The molecule has 8 aromatic carbocycles. The summed E-state index contributed by atoms with van der Waals surface area (Å²) < 4.78 is 4.85. The highest BCUT2D eigenvalue weighted by Crippen LogP contribution is 2.42. The third kappa shape index (κ3) is 4.83. The van der Waals surface area contributed by atoms with Gasteiger partial charge in [-0.05, 0) is 100 Å². The molecule has 10 aromatic rings. The van der Waals surface area contributed by atoms with Crippen molar-refractivity contribution in [2.24, 2.45) is 0 Å². The first-order valence-electron chi connectivity index (χ1n) is 18.6. The summed E-state index contributed by atoms with van der Waals surface area (Å²) >= 11 is 0. The first-order chi connectivity index (χ1) is 26.8. The lowest BCUT2D eigenvalue weighted by Gasteiger charge is -2.29. The van der Waals surface area contributed by atoms with Gasteiger partial charge in [0.15, 0.2) is 0 Å². The van der Waals surface area contributed by atoms with Crippen molar-refractivity contribution < 1.29 is 0 Å². The monoisotopic (exact) mass is 689 g/mol. The molecular formula is C51H35N3. The highest BCUT2D eigenvalue weighted by Gasteiger charge is 2.24. The Morgan fingerprint density at radius 3 is 1.70 bits per heavy atom. The maximum Gasteiger partial charge on any atom is 0.124 e. The molecule has 3 heteroatoms. The summed E-state index contributed by atoms with van der Waals surface area (Å²) in [4.78, 5) is 0. The van der Waals surface area contributed by atoms with Gasteiger partial charge in [0.25, 0.3) is 0 Å². The number of nitrogens with one attached hydrogen (secondary N) is 1. The van der Waals surface area contributed by atoms with E-state index >= 15 is 0 Å². The Labute approximate surface area is 313 Å². The molecule has 0 spiro atoms. The number of aromatic nitrogens is 2. The van der Waals surface area contributed by atoms with Gasteiger partial charge in [-0.1, -0.05) is 133 Å². The summed E-state index contributed by atoms with van der Waals surface area (Å²) in [6.07, 6.45) is 2.31. The molecule has 0 radical (unpaired) electrons. The molecule has 1 aliphatic rings. The molecule has 1 unspecified atom stereocenters. The molecule has 2 aromatic heterocycles. The maximum absolute atomic E-state index is 3.91. The van der Waals surface area contributed by atoms with Crippen LogP contribution in [0, 0.1) is 0 Å². The van der Waals surface area contributed by atoms with Crippen LogP contribution in [-0.4, -0.2) is 9.13 Å². The molecule has 0 fully saturated rings. The van der Waals surface area contributed by atoms with Gasteiger partial charge in [0.1, 0.15) is 6.17 Å². The van der Waals surface area contributed by atoms with Gasteiger partial charge >= 0.3 is 0 Å². The number of hydrogen-bond donors (Lipinski definition) is 1. The summed E-state index contributed by atoms with van der Waals surface area (Å²) in [7, 11) is 0. The lowest BCUT2D eigenvalue weighted by Crippen LogP contribution is -2.20. The van der Waals surface area contributed by atoms with Crippen LogP contribution in [0.3, 0.4) is 0 Å². The molecule has 0 saturated carbocycles. The number of hydrogen-bond acceptors (Lipinski definition) is 1. The van der Waals surface area contributed by atoms with Crippen LogP contribution in [0.2, 0.25) is 0 Å². The van der Waals surface area contributed by atoms with Gasteiger partial charge in [-0.15, -0.1) is 0 Å². The van der Waals surface area contributed by atoms with Gasteiger partial charge in [-0.2, -0.15) is 0 Å². The highest BCUT2D eigenvalue weighted by atomic mass is 15.2. The minimum absolute atomic E-state index is 0.0935. The van der Waals surface area contributed by atoms with Crippen LogP contribution in [0.25, 0.3) is 77.1 Å². The van der Waals surface area contributed by atoms with Crippen molar-refractivity contribution in [2.75, 3.05) is 5.32 Å². The van der Waals surface area contributed by atoms with Gasteiger partial charge in [-0.25, -0.2) is 0 Å². The van der Waals surface area contributed by atoms with Crippen LogP contribution >= 0.6 is 0 Å². The number of rotatable bonds is 5. The van der Waals surface area contributed by atoms with Crippen LogP contribution in [0.15, 0.2) is 200 Å². The predicted molar refractivity (Wildman–Crippen MR) is 227 cm³/mol. The van der Waals surface area contributed by atoms with Gasteiger partial charge < -0.3 is 14.5 Å². The summed E-state index contributed by atoms with van der Waals surface area (Å²) in [6.45, 7) is 0. The second-order valence-corrected chi connectivity index (χ2v) is 14.2. The lowest BCUT2D eigenvalue weighted by atomic mass is 9.91. The minimum Gasteiger partial charge on any atom is -0.361 e. The molecule has 3 nitrogen and oxygen atoms in total. The molecule has 1 atom stereocenters. The number of nitrogens with zero attached hydrogens (tertiary/aromatic N) is 2. The predicted octanol–water partition coefficient (Wildman–Crippen LogP) is 13.3. The summed E-state index contributed by atoms with van der Waals surface area (Å²) in [5, 5.41) is 8.93. The van der Waals surface area contributed by atoms with Gasteiger partial charge in [0.2, 0.25) is 0 Å². The molecule has 0 bridgehead atoms.